The van der Waals surface area contributed by atoms with Crippen LogP contribution in [0.15, 0.2) is 46.0 Å². The maximum atomic E-state index is 11.4. The van der Waals surface area contributed by atoms with Crippen molar-refractivity contribution in [1.29, 1.82) is 0 Å². The second kappa shape index (κ2) is 6.51. The van der Waals surface area contributed by atoms with Gasteiger partial charge in [-0.2, -0.15) is 4.98 Å². The van der Waals surface area contributed by atoms with E-state index >= 15 is 0 Å². The van der Waals surface area contributed by atoms with Gasteiger partial charge in [0.1, 0.15) is 0 Å². The van der Waals surface area contributed by atoms with Crippen molar-refractivity contribution in [3.8, 4) is 11.5 Å². The Hall–Kier alpha value is -2.96. The summed E-state index contributed by atoms with van der Waals surface area (Å²) in [6.45, 7) is 3.96. The lowest BCUT2D eigenvalue weighted by molar-refractivity contribution is 0.329. The van der Waals surface area contributed by atoms with Crippen LogP contribution in [0.1, 0.15) is 30.2 Å². The quantitative estimate of drug-likeness (QED) is 0.790. The molecule has 3 aromatic rings. The fourth-order valence-electron chi connectivity index (χ4n) is 3.28. The number of aryl methyl sites for hydroxylation is 1. The molecule has 1 saturated heterocycles. The number of piperidine rings is 1. The highest BCUT2D eigenvalue weighted by atomic mass is 16.5. The van der Waals surface area contributed by atoms with Crippen molar-refractivity contribution in [2.24, 2.45) is 0 Å². The molecule has 0 atom stereocenters. The first kappa shape index (κ1) is 15.6. The van der Waals surface area contributed by atoms with Crippen LogP contribution in [0.2, 0.25) is 0 Å². The Morgan fingerprint density at radius 2 is 2.08 bits per heavy atom. The van der Waals surface area contributed by atoms with E-state index in [1.807, 2.05) is 12.4 Å². The molecule has 4 heterocycles. The zero-order chi connectivity index (χ0) is 17.2. The summed E-state index contributed by atoms with van der Waals surface area (Å²) >= 11 is 0. The van der Waals surface area contributed by atoms with Crippen molar-refractivity contribution in [3.05, 3.63) is 58.5 Å². The minimum atomic E-state index is -0.176. The molecule has 0 aliphatic carbocycles. The van der Waals surface area contributed by atoms with Crippen molar-refractivity contribution >= 4 is 5.69 Å². The molecule has 0 bridgehead atoms. The third kappa shape index (κ3) is 3.17. The molecule has 128 valence electrons. The van der Waals surface area contributed by atoms with Gasteiger partial charge in [0.15, 0.2) is 0 Å². The van der Waals surface area contributed by atoms with E-state index in [9.17, 15) is 4.79 Å². The van der Waals surface area contributed by atoms with Gasteiger partial charge in [-0.25, -0.2) is 0 Å². The lowest BCUT2D eigenvalue weighted by atomic mass is 9.96. The lowest BCUT2D eigenvalue weighted by Gasteiger charge is -2.33. The van der Waals surface area contributed by atoms with Gasteiger partial charge < -0.3 is 14.4 Å². The van der Waals surface area contributed by atoms with E-state index in [0.29, 0.717) is 17.4 Å². The third-order valence-electron chi connectivity index (χ3n) is 4.63. The Bertz CT molecular complexity index is 925. The molecular weight excluding hydrogens is 318 g/mol. The number of hydrogen-bond donors (Lipinski definition) is 1. The number of nitrogens with one attached hydrogen (secondary N) is 1. The Kier molecular flexibility index (Phi) is 4.05. The Balaban J connectivity index is 1.47. The minimum absolute atomic E-state index is 0.176. The van der Waals surface area contributed by atoms with Gasteiger partial charge in [-0.15, -0.1) is 0 Å². The number of anilines is 1. The highest BCUT2D eigenvalue weighted by molar-refractivity contribution is 5.52. The normalized spacial score (nSPS) is 15.5. The smallest absolute Gasteiger partial charge is 0.248 e. The largest absolute Gasteiger partial charge is 0.371 e. The van der Waals surface area contributed by atoms with Crippen LogP contribution in [-0.2, 0) is 0 Å². The van der Waals surface area contributed by atoms with E-state index in [1.165, 1.54) is 17.3 Å². The Morgan fingerprint density at radius 3 is 2.84 bits per heavy atom. The highest BCUT2D eigenvalue weighted by Crippen LogP contribution is 2.31. The van der Waals surface area contributed by atoms with E-state index < -0.39 is 0 Å². The van der Waals surface area contributed by atoms with Crippen LogP contribution in [0.4, 0.5) is 5.69 Å². The van der Waals surface area contributed by atoms with Gasteiger partial charge in [0.25, 0.3) is 0 Å². The van der Waals surface area contributed by atoms with E-state index in [2.05, 4.69) is 38.0 Å². The summed E-state index contributed by atoms with van der Waals surface area (Å²) in [5, 5.41) is 4.02. The van der Waals surface area contributed by atoms with E-state index in [-0.39, 0.29) is 11.5 Å². The number of H-pyrrole nitrogens is 1. The van der Waals surface area contributed by atoms with Gasteiger partial charge in [-0.05, 0) is 37.5 Å². The lowest BCUT2D eigenvalue weighted by Crippen LogP contribution is -2.33. The Labute approximate surface area is 144 Å². The summed E-state index contributed by atoms with van der Waals surface area (Å²) in [4.78, 5) is 25.2. The van der Waals surface area contributed by atoms with Crippen LogP contribution in [0.3, 0.4) is 0 Å². The number of aromatic amines is 1. The maximum absolute atomic E-state index is 11.4. The average molecular weight is 337 g/mol. The summed E-state index contributed by atoms with van der Waals surface area (Å²) < 4.78 is 5.45. The fourth-order valence-corrected chi connectivity index (χ4v) is 3.28. The number of rotatable bonds is 3. The molecule has 0 radical (unpaired) electrons. The van der Waals surface area contributed by atoms with Gasteiger partial charge >= 0.3 is 0 Å². The average Bonchev–Trinajstić information content (AvgIpc) is 3.13. The first-order valence-corrected chi connectivity index (χ1v) is 8.39. The van der Waals surface area contributed by atoms with Gasteiger partial charge in [0.2, 0.25) is 17.3 Å². The molecule has 7 heteroatoms. The molecule has 4 rings (SSSR count). The summed E-state index contributed by atoms with van der Waals surface area (Å²) in [5.74, 6) is 1.32. The number of nitrogens with zero attached hydrogens (tertiary/aromatic N) is 4. The van der Waals surface area contributed by atoms with Crippen LogP contribution < -0.4 is 10.5 Å². The van der Waals surface area contributed by atoms with Gasteiger partial charge in [-0.1, -0.05) is 11.2 Å². The number of pyridine rings is 2. The molecule has 1 N–H and O–H groups in total. The molecule has 25 heavy (non-hydrogen) atoms. The summed E-state index contributed by atoms with van der Waals surface area (Å²) in [5.41, 5.74) is 2.83. The van der Waals surface area contributed by atoms with Crippen molar-refractivity contribution in [3.63, 3.8) is 0 Å². The zero-order valence-corrected chi connectivity index (χ0v) is 14.0. The molecule has 1 aliphatic heterocycles. The van der Waals surface area contributed by atoms with Crippen molar-refractivity contribution in [1.82, 2.24) is 20.1 Å². The molecule has 0 aromatic carbocycles. The van der Waals surface area contributed by atoms with Gasteiger partial charge in [-0.3, -0.25) is 9.78 Å². The first-order valence-electron chi connectivity index (χ1n) is 8.39. The maximum Gasteiger partial charge on any atom is 0.248 e. The molecule has 0 amide bonds. The van der Waals surface area contributed by atoms with Crippen molar-refractivity contribution in [2.75, 3.05) is 18.0 Å². The summed E-state index contributed by atoms with van der Waals surface area (Å²) in [6, 6.07) is 6.97. The minimum Gasteiger partial charge on any atom is -0.371 e. The van der Waals surface area contributed by atoms with Crippen LogP contribution in [-0.4, -0.2) is 33.2 Å². The van der Waals surface area contributed by atoms with Crippen LogP contribution in [0.5, 0.6) is 0 Å². The van der Waals surface area contributed by atoms with E-state index in [0.717, 1.165) is 25.9 Å². The zero-order valence-electron chi connectivity index (χ0n) is 14.0. The molecule has 3 aromatic heterocycles. The predicted molar refractivity (Wildman–Crippen MR) is 93.5 cm³/mol. The highest BCUT2D eigenvalue weighted by Gasteiger charge is 2.26. The van der Waals surface area contributed by atoms with E-state index in [4.69, 9.17) is 4.52 Å². The van der Waals surface area contributed by atoms with Gasteiger partial charge in [0, 0.05) is 43.2 Å². The molecule has 1 aliphatic rings. The van der Waals surface area contributed by atoms with Gasteiger partial charge in [0.05, 0.1) is 5.69 Å². The van der Waals surface area contributed by atoms with Crippen molar-refractivity contribution in [2.45, 2.75) is 25.7 Å². The standard InChI is InChI=1S/C18H19N5O2/c1-12-11-19-8-5-15(12)23-9-6-13(7-10-23)18-21-17(22-25-18)14-3-2-4-16(24)20-14/h2-5,8,11,13H,6-7,9-10H2,1H3,(H,20,24). The molecule has 1 fully saturated rings. The van der Waals surface area contributed by atoms with Crippen LogP contribution in [0.25, 0.3) is 11.5 Å². The summed E-state index contributed by atoms with van der Waals surface area (Å²) in [6.07, 6.45) is 5.63. The van der Waals surface area contributed by atoms with Crippen molar-refractivity contribution < 1.29 is 4.52 Å². The molecular formula is C18H19N5O2. The molecule has 0 saturated carbocycles. The van der Waals surface area contributed by atoms with Crippen LogP contribution >= 0.6 is 0 Å². The van der Waals surface area contributed by atoms with Crippen LogP contribution in [0, 0.1) is 6.92 Å². The third-order valence-corrected chi connectivity index (χ3v) is 4.63. The molecule has 0 spiro atoms. The first-order chi connectivity index (χ1) is 12.2. The monoisotopic (exact) mass is 337 g/mol. The second-order valence-electron chi connectivity index (χ2n) is 6.31. The Morgan fingerprint density at radius 1 is 1.24 bits per heavy atom. The number of aromatic nitrogens is 4. The molecule has 7 nitrogen and oxygen atoms in total. The predicted octanol–water partition coefficient (Wildman–Crippen LogP) is 2.51. The molecule has 0 unspecified atom stereocenters. The fraction of sp³-hybridized carbons (Fsp3) is 0.333. The topological polar surface area (TPSA) is 87.9 Å². The SMILES string of the molecule is Cc1cnccc1N1CCC(c2nc(-c3cccc(=O)[nH]3)no2)CC1. The summed E-state index contributed by atoms with van der Waals surface area (Å²) in [7, 11) is 0. The second-order valence-corrected chi connectivity index (χ2v) is 6.31. The van der Waals surface area contributed by atoms with E-state index in [1.54, 1.807) is 12.1 Å². The number of hydrogen-bond acceptors (Lipinski definition) is 6.